The molecule has 0 aliphatic carbocycles. The van der Waals surface area contributed by atoms with Crippen LogP contribution in [0.25, 0.3) is 10.9 Å². The number of carbonyl (C=O) groups excluding carboxylic acids is 2. The Morgan fingerprint density at radius 1 is 1.06 bits per heavy atom. The highest BCUT2D eigenvalue weighted by Gasteiger charge is 2.20. The summed E-state index contributed by atoms with van der Waals surface area (Å²) in [7, 11) is -2.77. The summed E-state index contributed by atoms with van der Waals surface area (Å²) in [6.07, 6.45) is 1.86. The van der Waals surface area contributed by atoms with Crippen LogP contribution in [0.15, 0.2) is 59.6 Å². The van der Waals surface area contributed by atoms with Crippen molar-refractivity contribution in [1.82, 2.24) is 10.3 Å². The number of ether oxygens (including phenoxy) is 1. The maximum atomic E-state index is 13.2. The number of esters is 1. The molecule has 0 aliphatic heterocycles. The topological polar surface area (TPSA) is 114 Å². The van der Waals surface area contributed by atoms with Gasteiger partial charge in [-0.25, -0.2) is 13.2 Å². The van der Waals surface area contributed by atoms with Gasteiger partial charge in [-0.15, -0.1) is 0 Å². The van der Waals surface area contributed by atoms with Gasteiger partial charge >= 0.3 is 5.97 Å². The molecule has 0 atom stereocenters. The molecule has 0 aliphatic rings. The molecule has 2 N–H and O–H groups in total. The van der Waals surface area contributed by atoms with Crippen LogP contribution < -0.4 is 10.0 Å². The highest BCUT2D eigenvalue weighted by Crippen LogP contribution is 2.25. The number of hydrogen-bond acceptors (Lipinski definition) is 6. The van der Waals surface area contributed by atoms with Crippen LogP contribution in [0.1, 0.15) is 43.1 Å². The molecule has 174 valence electrons. The molecule has 1 aromatic heterocycles. The zero-order valence-electron chi connectivity index (χ0n) is 19.0. The fourth-order valence-corrected chi connectivity index (χ4v) is 4.56. The van der Waals surface area contributed by atoms with E-state index in [4.69, 9.17) is 4.74 Å². The van der Waals surface area contributed by atoms with Crippen LogP contribution in [0.5, 0.6) is 0 Å². The van der Waals surface area contributed by atoms with E-state index in [2.05, 4.69) is 15.0 Å². The first-order valence-corrected chi connectivity index (χ1v) is 11.8. The number of nitrogens with zero attached hydrogens (tertiary/aromatic N) is 1. The van der Waals surface area contributed by atoms with Gasteiger partial charge in [-0.3, -0.25) is 14.5 Å². The number of hydrogen-bond donors (Lipinski definition) is 2. The summed E-state index contributed by atoms with van der Waals surface area (Å²) < 4.78 is 33.6. The zero-order chi connectivity index (χ0) is 24.2. The lowest BCUT2D eigenvalue weighted by molar-refractivity contribution is -0.122. The Bertz CT molecular complexity index is 1290. The van der Waals surface area contributed by atoms with E-state index in [9.17, 15) is 18.0 Å². The van der Waals surface area contributed by atoms with Crippen LogP contribution in [-0.2, 0) is 26.1 Å². The van der Waals surface area contributed by atoms with Gasteiger partial charge < -0.3 is 10.1 Å². The van der Waals surface area contributed by atoms with E-state index >= 15 is 0 Å². The predicted molar refractivity (Wildman–Crippen MR) is 126 cm³/mol. The minimum Gasteiger partial charge on any atom is -0.465 e. The first kappa shape index (κ1) is 24.2. The second-order valence-corrected chi connectivity index (χ2v) is 10.5. The fraction of sp³-hybridized carbons (Fsp3) is 0.292. The summed E-state index contributed by atoms with van der Waals surface area (Å²) >= 11 is 0. The van der Waals surface area contributed by atoms with Gasteiger partial charge in [0.2, 0.25) is 5.91 Å². The Morgan fingerprint density at radius 3 is 2.48 bits per heavy atom. The van der Waals surface area contributed by atoms with Gasteiger partial charge in [-0.05, 0) is 41.3 Å². The van der Waals surface area contributed by atoms with E-state index in [1.165, 1.54) is 25.4 Å². The molecular weight excluding hydrogens is 442 g/mol. The second-order valence-electron chi connectivity index (χ2n) is 8.86. The Kier molecular flexibility index (Phi) is 7.02. The van der Waals surface area contributed by atoms with Gasteiger partial charge in [0, 0.05) is 24.5 Å². The van der Waals surface area contributed by atoms with Crippen LogP contribution in [0, 0.1) is 5.41 Å². The summed E-state index contributed by atoms with van der Waals surface area (Å²) in [5.41, 5.74) is 1.05. The number of rotatable bonds is 7. The smallest absolute Gasteiger partial charge is 0.337 e. The molecule has 0 saturated carbocycles. The molecule has 8 nitrogen and oxygen atoms in total. The van der Waals surface area contributed by atoms with Crippen LogP contribution >= 0.6 is 0 Å². The highest BCUT2D eigenvalue weighted by molar-refractivity contribution is 7.93. The Balaban J connectivity index is 1.92. The van der Waals surface area contributed by atoms with Gasteiger partial charge in [-0.1, -0.05) is 39.0 Å². The number of sulfonamides is 1. The first-order valence-electron chi connectivity index (χ1n) is 10.3. The number of methoxy groups -OCH3 is 1. The van der Waals surface area contributed by atoms with Crippen LogP contribution in [-0.4, -0.2) is 32.4 Å². The Morgan fingerprint density at radius 2 is 1.79 bits per heavy atom. The lowest BCUT2D eigenvalue weighted by Crippen LogP contribution is -2.27. The molecule has 9 heteroatoms. The average molecular weight is 470 g/mol. The summed E-state index contributed by atoms with van der Waals surface area (Å²) in [6, 6.07) is 12.9. The molecule has 1 heterocycles. The van der Waals surface area contributed by atoms with Crippen molar-refractivity contribution in [2.45, 2.75) is 38.6 Å². The second kappa shape index (κ2) is 9.58. The van der Waals surface area contributed by atoms with Crippen LogP contribution in [0.2, 0.25) is 0 Å². The van der Waals surface area contributed by atoms with Gasteiger partial charge in [-0.2, -0.15) is 0 Å². The van der Waals surface area contributed by atoms with Crippen molar-refractivity contribution in [2.24, 2.45) is 5.41 Å². The summed E-state index contributed by atoms with van der Waals surface area (Å²) in [5, 5.41) is 3.49. The van der Waals surface area contributed by atoms with Crippen molar-refractivity contribution >= 4 is 38.5 Å². The van der Waals surface area contributed by atoms with Gasteiger partial charge in [0.05, 0.1) is 23.9 Å². The van der Waals surface area contributed by atoms with E-state index in [1.807, 2.05) is 20.8 Å². The average Bonchev–Trinajstić information content (AvgIpc) is 2.75. The maximum absolute atomic E-state index is 13.2. The highest BCUT2D eigenvalue weighted by atomic mass is 32.2. The minimum atomic E-state index is -4.01. The molecular formula is C24H27N3O5S. The summed E-state index contributed by atoms with van der Waals surface area (Å²) in [5.74, 6) is -0.764. The van der Waals surface area contributed by atoms with Crippen LogP contribution in [0.3, 0.4) is 0 Å². The standard InChI is InChI=1S/C24H27N3O5S/c1-24(2,3)14-21(28)26-15-16-11-18(23(29)32-4)13-19(12-16)27-33(30,31)20-9-5-7-17-8-6-10-25-22(17)20/h5-13,27H,14-15H2,1-4H3,(H,26,28). The largest absolute Gasteiger partial charge is 0.465 e. The molecule has 0 fully saturated rings. The lowest BCUT2D eigenvalue weighted by Gasteiger charge is -2.17. The number of aromatic nitrogens is 1. The zero-order valence-corrected chi connectivity index (χ0v) is 19.8. The van der Waals surface area contributed by atoms with E-state index in [0.717, 1.165) is 0 Å². The third-order valence-electron chi connectivity index (χ3n) is 4.73. The summed E-state index contributed by atoms with van der Waals surface area (Å²) in [4.78, 5) is 28.6. The number of para-hydroxylation sites is 1. The number of fused-ring (bicyclic) bond motifs is 1. The Labute approximate surface area is 193 Å². The maximum Gasteiger partial charge on any atom is 0.337 e. The van der Waals surface area contributed by atoms with Crippen molar-refractivity contribution in [3.63, 3.8) is 0 Å². The SMILES string of the molecule is COC(=O)c1cc(CNC(=O)CC(C)(C)C)cc(NS(=O)(=O)c2cccc3cccnc23)c1. The molecule has 0 radical (unpaired) electrons. The molecule has 3 rings (SSSR count). The third-order valence-corrected chi connectivity index (χ3v) is 6.14. The number of benzene rings is 2. The van der Waals surface area contributed by atoms with Crippen molar-refractivity contribution in [3.05, 3.63) is 65.9 Å². The predicted octanol–water partition coefficient (Wildman–Crippen LogP) is 3.87. The Hall–Kier alpha value is -3.46. The van der Waals surface area contributed by atoms with Gasteiger partial charge in [0.25, 0.3) is 10.0 Å². The molecule has 3 aromatic rings. The van der Waals surface area contributed by atoms with E-state index in [1.54, 1.807) is 36.4 Å². The van der Waals surface area contributed by atoms with Gasteiger partial charge in [0.1, 0.15) is 4.90 Å². The minimum absolute atomic E-state index is 0.0177. The molecule has 0 saturated heterocycles. The van der Waals surface area contributed by atoms with E-state index in [0.29, 0.717) is 22.9 Å². The first-order chi connectivity index (χ1) is 15.5. The molecule has 33 heavy (non-hydrogen) atoms. The normalized spacial score (nSPS) is 11.8. The number of pyridine rings is 1. The van der Waals surface area contributed by atoms with Crippen molar-refractivity contribution in [2.75, 3.05) is 11.8 Å². The molecule has 2 aromatic carbocycles. The van der Waals surface area contributed by atoms with E-state index in [-0.39, 0.29) is 34.0 Å². The molecule has 0 bridgehead atoms. The van der Waals surface area contributed by atoms with Crippen molar-refractivity contribution in [1.29, 1.82) is 0 Å². The monoisotopic (exact) mass is 469 g/mol. The number of anilines is 1. The third kappa shape index (κ3) is 6.29. The molecule has 0 unspecified atom stereocenters. The van der Waals surface area contributed by atoms with Crippen molar-refractivity contribution in [3.8, 4) is 0 Å². The van der Waals surface area contributed by atoms with Crippen molar-refractivity contribution < 1.29 is 22.7 Å². The summed E-state index contributed by atoms with van der Waals surface area (Å²) in [6.45, 7) is 6.00. The number of nitrogens with one attached hydrogen (secondary N) is 2. The van der Waals surface area contributed by atoms with E-state index < -0.39 is 16.0 Å². The number of amides is 1. The fourth-order valence-electron chi connectivity index (χ4n) is 3.34. The van der Waals surface area contributed by atoms with Gasteiger partial charge in [0.15, 0.2) is 0 Å². The lowest BCUT2D eigenvalue weighted by atomic mass is 9.92. The number of carbonyl (C=O) groups is 2. The quantitative estimate of drug-likeness (QED) is 0.508. The molecule has 0 spiro atoms. The molecule has 1 amide bonds. The van der Waals surface area contributed by atoms with Crippen LogP contribution in [0.4, 0.5) is 5.69 Å².